The molecule has 0 bridgehead atoms. The third-order valence-corrected chi connectivity index (χ3v) is 5.43. The van der Waals surface area contributed by atoms with E-state index in [1.54, 1.807) is 11.1 Å². The molecule has 0 unspecified atom stereocenters. The number of amides is 2. The highest BCUT2D eigenvalue weighted by Gasteiger charge is 2.43. The number of aromatic amines is 2. The average molecular weight is 405 g/mol. The van der Waals surface area contributed by atoms with E-state index < -0.39 is 11.3 Å². The lowest BCUT2D eigenvalue weighted by molar-refractivity contribution is -0.122. The Morgan fingerprint density at radius 3 is 2.90 bits per heavy atom. The summed E-state index contributed by atoms with van der Waals surface area (Å²) in [5.74, 6) is 0.228. The van der Waals surface area contributed by atoms with Crippen LogP contribution in [0.15, 0.2) is 35.1 Å². The number of fused-ring (bicyclic) bond motifs is 2. The Labute approximate surface area is 170 Å². The maximum atomic E-state index is 12.7. The SMILES string of the molecule is CCN1C(=O)C(C)(C)c2cc3[nH]c(-c4n[nH]cc4NC(=O)c4ccno4)nc3cc21. The Hall–Kier alpha value is -3.95. The summed E-state index contributed by atoms with van der Waals surface area (Å²) in [5, 5.41) is 13.2. The number of nitrogens with zero attached hydrogens (tertiary/aromatic N) is 4. The summed E-state index contributed by atoms with van der Waals surface area (Å²) in [5.41, 5.74) is 3.64. The maximum absolute atomic E-state index is 12.7. The van der Waals surface area contributed by atoms with Crippen LogP contribution in [0.5, 0.6) is 0 Å². The van der Waals surface area contributed by atoms with Crippen molar-refractivity contribution >= 4 is 34.2 Å². The number of H-pyrrole nitrogens is 2. The van der Waals surface area contributed by atoms with Gasteiger partial charge in [0.05, 0.1) is 34.0 Å². The van der Waals surface area contributed by atoms with Crippen LogP contribution in [0.25, 0.3) is 22.6 Å². The molecule has 152 valence electrons. The molecule has 3 N–H and O–H groups in total. The molecule has 0 radical (unpaired) electrons. The van der Waals surface area contributed by atoms with E-state index >= 15 is 0 Å². The van der Waals surface area contributed by atoms with Crippen molar-refractivity contribution < 1.29 is 14.1 Å². The van der Waals surface area contributed by atoms with E-state index in [9.17, 15) is 9.59 Å². The van der Waals surface area contributed by atoms with Crippen molar-refractivity contribution in [2.24, 2.45) is 0 Å². The van der Waals surface area contributed by atoms with Crippen LogP contribution in [0.1, 0.15) is 36.9 Å². The fourth-order valence-electron chi connectivity index (χ4n) is 3.84. The van der Waals surface area contributed by atoms with Crippen molar-refractivity contribution in [2.75, 3.05) is 16.8 Å². The quantitative estimate of drug-likeness (QED) is 0.478. The van der Waals surface area contributed by atoms with Gasteiger partial charge in [-0.15, -0.1) is 0 Å². The Balaban J connectivity index is 1.55. The second kappa shape index (κ2) is 6.28. The summed E-state index contributed by atoms with van der Waals surface area (Å²) in [4.78, 5) is 34.7. The predicted octanol–water partition coefficient (Wildman–Crippen LogP) is 2.84. The maximum Gasteiger partial charge on any atom is 0.294 e. The first kappa shape index (κ1) is 18.1. The van der Waals surface area contributed by atoms with Crippen LogP contribution >= 0.6 is 0 Å². The van der Waals surface area contributed by atoms with Gasteiger partial charge < -0.3 is 19.7 Å². The Morgan fingerprint density at radius 2 is 2.17 bits per heavy atom. The summed E-state index contributed by atoms with van der Waals surface area (Å²) in [6, 6.07) is 5.36. The highest BCUT2D eigenvalue weighted by atomic mass is 16.5. The van der Waals surface area contributed by atoms with Gasteiger partial charge in [0, 0.05) is 18.8 Å². The van der Waals surface area contributed by atoms with E-state index in [1.807, 2.05) is 32.9 Å². The first-order chi connectivity index (χ1) is 14.4. The molecule has 30 heavy (non-hydrogen) atoms. The molecule has 1 aliphatic heterocycles. The van der Waals surface area contributed by atoms with Gasteiger partial charge in [0.25, 0.3) is 5.91 Å². The fraction of sp³-hybridized carbons (Fsp3) is 0.250. The van der Waals surface area contributed by atoms with Crippen LogP contribution in [-0.4, -0.2) is 43.7 Å². The van der Waals surface area contributed by atoms with E-state index in [2.05, 4.69) is 30.6 Å². The van der Waals surface area contributed by atoms with Crippen molar-refractivity contribution in [3.05, 3.63) is 41.9 Å². The van der Waals surface area contributed by atoms with Crippen LogP contribution in [0.3, 0.4) is 0 Å². The number of rotatable bonds is 4. The zero-order valence-electron chi connectivity index (χ0n) is 16.6. The molecular formula is C20H19N7O3. The second-order valence-electron chi connectivity index (χ2n) is 7.62. The van der Waals surface area contributed by atoms with E-state index in [4.69, 9.17) is 4.52 Å². The zero-order chi connectivity index (χ0) is 21.0. The normalized spacial score (nSPS) is 15.0. The minimum Gasteiger partial charge on any atom is -0.351 e. The summed E-state index contributed by atoms with van der Waals surface area (Å²) in [7, 11) is 0. The van der Waals surface area contributed by atoms with Crippen LogP contribution in [-0.2, 0) is 10.2 Å². The van der Waals surface area contributed by atoms with Gasteiger partial charge in [0.2, 0.25) is 11.7 Å². The molecule has 0 fully saturated rings. The smallest absolute Gasteiger partial charge is 0.294 e. The lowest BCUT2D eigenvalue weighted by Gasteiger charge is -2.18. The van der Waals surface area contributed by atoms with E-state index in [0.717, 1.165) is 16.8 Å². The standard InChI is InChI=1S/C20H19N7O3/c1-4-27-14-8-12-11(7-10(14)20(2,3)19(27)29)23-17(24-12)16-13(9-21-26-16)25-18(28)15-5-6-22-30-15/h5-9H,4H2,1-3H3,(H,21,26)(H,23,24)(H,25,28). The molecule has 1 aliphatic rings. The number of aromatic nitrogens is 5. The van der Waals surface area contributed by atoms with E-state index in [1.165, 1.54) is 12.3 Å². The van der Waals surface area contributed by atoms with Crippen LogP contribution in [0, 0.1) is 0 Å². The number of carbonyl (C=O) groups excluding carboxylic acids is 2. The van der Waals surface area contributed by atoms with E-state index in [0.29, 0.717) is 29.3 Å². The summed E-state index contributed by atoms with van der Waals surface area (Å²) >= 11 is 0. The van der Waals surface area contributed by atoms with Gasteiger partial charge in [0.15, 0.2) is 11.5 Å². The molecule has 0 saturated carbocycles. The topological polar surface area (TPSA) is 133 Å². The Bertz CT molecular complexity index is 1280. The highest BCUT2D eigenvalue weighted by molar-refractivity contribution is 6.09. The van der Waals surface area contributed by atoms with Gasteiger partial charge in [-0.3, -0.25) is 14.7 Å². The zero-order valence-corrected chi connectivity index (χ0v) is 16.6. The molecule has 0 atom stereocenters. The minimum absolute atomic E-state index is 0.0811. The molecule has 0 saturated heterocycles. The van der Waals surface area contributed by atoms with Gasteiger partial charge in [-0.1, -0.05) is 5.16 Å². The Morgan fingerprint density at radius 1 is 1.33 bits per heavy atom. The number of benzene rings is 1. The number of likely N-dealkylation sites (N-methyl/N-ethyl adjacent to an activating group) is 1. The third kappa shape index (κ3) is 2.53. The molecule has 4 aromatic rings. The summed E-state index contributed by atoms with van der Waals surface area (Å²) in [6.45, 7) is 6.40. The molecular weight excluding hydrogens is 386 g/mol. The molecule has 0 spiro atoms. The number of hydrogen-bond acceptors (Lipinski definition) is 6. The first-order valence-electron chi connectivity index (χ1n) is 9.52. The third-order valence-electron chi connectivity index (χ3n) is 5.43. The van der Waals surface area contributed by atoms with Crippen LogP contribution in [0.4, 0.5) is 11.4 Å². The van der Waals surface area contributed by atoms with Gasteiger partial charge in [-0.25, -0.2) is 4.98 Å². The summed E-state index contributed by atoms with van der Waals surface area (Å²) < 4.78 is 4.88. The average Bonchev–Trinajstić information content (AvgIpc) is 3.48. The van der Waals surface area contributed by atoms with Gasteiger partial charge in [-0.05, 0) is 38.5 Å². The molecule has 2 amide bonds. The van der Waals surface area contributed by atoms with Gasteiger partial charge in [-0.2, -0.15) is 5.10 Å². The highest BCUT2D eigenvalue weighted by Crippen LogP contribution is 2.43. The van der Waals surface area contributed by atoms with Crippen LogP contribution in [0.2, 0.25) is 0 Å². The summed E-state index contributed by atoms with van der Waals surface area (Å²) in [6.07, 6.45) is 2.97. The van der Waals surface area contributed by atoms with E-state index in [-0.39, 0.29) is 11.7 Å². The van der Waals surface area contributed by atoms with Crippen molar-refractivity contribution in [3.8, 4) is 11.5 Å². The monoisotopic (exact) mass is 405 g/mol. The lowest BCUT2D eigenvalue weighted by Crippen LogP contribution is -2.35. The fourth-order valence-corrected chi connectivity index (χ4v) is 3.84. The molecule has 3 aromatic heterocycles. The number of imidazole rings is 1. The number of nitrogens with one attached hydrogen (secondary N) is 3. The first-order valence-corrected chi connectivity index (χ1v) is 9.52. The second-order valence-corrected chi connectivity index (χ2v) is 7.62. The minimum atomic E-state index is -0.604. The van der Waals surface area contributed by atoms with Crippen molar-refractivity contribution in [2.45, 2.75) is 26.2 Å². The molecule has 0 aliphatic carbocycles. The number of carbonyl (C=O) groups is 2. The molecule has 10 heteroatoms. The molecule has 1 aromatic carbocycles. The van der Waals surface area contributed by atoms with Crippen molar-refractivity contribution in [3.63, 3.8) is 0 Å². The van der Waals surface area contributed by atoms with Crippen LogP contribution < -0.4 is 10.2 Å². The number of anilines is 2. The number of hydrogen-bond donors (Lipinski definition) is 3. The van der Waals surface area contributed by atoms with Gasteiger partial charge in [0.1, 0.15) is 0 Å². The predicted molar refractivity (Wildman–Crippen MR) is 109 cm³/mol. The van der Waals surface area contributed by atoms with Crippen molar-refractivity contribution in [1.29, 1.82) is 0 Å². The van der Waals surface area contributed by atoms with Crippen molar-refractivity contribution in [1.82, 2.24) is 25.3 Å². The lowest BCUT2D eigenvalue weighted by atomic mass is 9.86. The largest absolute Gasteiger partial charge is 0.351 e. The molecule has 4 heterocycles. The molecule has 10 nitrogen and oxygen atoms in total. The Kier molecular flexibility index (Phi) is 3.79. The molecule has 5 rings (SSSR count). The van der Waals surface area contributed by atoms with Gasteiger partial charge >= 0.3 is 0 Å².